The highest BCUT2D eigenvalue weighted by Crippen LogP contribution is 2.20. The van der Waals surface area contributed by atoms with Crippen LogP contribution in [0.1, 0.15) is 73.3 Å². The van der Waals surface area contributed by atoms with Crippen molar-refractivity contribution in [2.45, 2.75) is 104 Å². The number of rotatable bonds is 16. The molecule has 1 heterocycles. The van der Waals surface area contributed by atoms with E-state index in [4.69, 9.17) is 9.47 Å². The first-order valence-corrected chi connectivity index (χ1v) is 15.3. The van der Waals surface area contributed by atoms with Gasteiger partial charge in [-0.3, -0.25) is 19.2 Å². The van der Waals surface area contributed by atoms with E-state index in [2.05, 4.69) is 21.3 Å². The molecule has 242 valence electrons. The summed E-state index contributed by atoms with van der Waals surface area (Å²) in [5.41, 5.74) is 0.440. The molecule has 4 amide bonds. The van der Waals surface area contributed by atoms with Crippen LogP contribution in [0.25, 0.3) is 0 Å². The van der Waals surface area contributed by atoms with Crippen molar-refractivity contribution in [3.05, 3.63) is 35.9 Å². The van der Waals surface area contributed by atoms with Gasteiger partial charge in [-0.25, -0.2) is 0 Å². The van der Waals surface area contributed by atoms with Gasteiger partial charge in [-0.05, 0) is 58.4 Å². The average Bonchev–Trinajstić information content (AvgIpc) is 3.47. The Kier molecular flexibility index (Phi) is 14.6. The zero-order valence-electron chi connectivity index (χ0n) is 26.8. The quantitative estimate of drug-likeness (QED) is 0.193. The smallest absolute Gasteiger partial charge is 0.246 e. The first-order chi connectivity index (χ1) is 20.2. The number of ether oxygens (including phenoxy) is 2. The molecule has 1 saturated heterocycles. The molecule has 1 fully saturated rings. The summed E-state index contributed by atoms with van der Waals surface area (Å²) in [6, 6.07) is 7.21. The Morgan fingerprint density at radius 2 is 1.63 bits per heavy atom. The van der Waals surface area contributed by atoms with Crippen molar-refractivity contribution >= 4 is 23.6 Å². The van der Waals surface area contributed by atoms with Crippen LogP contribution in [-0.4, -0.2) is 78.4 Å². The number of aliphatic hydroxyl groups is 1. The Labute approximate surface area is 256 Å². The maximum Gasteiger partial charge on any atom is 0.246 e. The SMILES string of the molecule is CC(C)C[C@H](NC(=O)[C@@H](NC(=O)COC(C)(C)C)[C@@H]1CCOC1)[C@@H](O)C[C@@H](C)C(=O)N[C@@H](C)C(=O)NCc1ccccc1. The third-order valence-electron chi connectivity index (χ3n) is 7.29. The summed E-state index contributed by atoms with van der Waals surface area (Å²) in [7, 11) is 0. The molecule has 0 aromatic heterocycles. The normalized spacial score (nSPS) is 18.7. The number of hydrogen-bond donors (Lipinski definition) is 5. The second-order valence-corrected chi connectivity index (χ2v) is 13.0. The van der Waals surface area contributed by atoms with Gasteiger partial charge in [0.2, 0.25) is 23.6 Å². The van der Waals surface area contributed by atoms with E-state index in [9.17, 15) is 24.3 Å². The third kappa shape index (κ3) is 13.4. The minimum atomic E-state index is -1.03. The molecule has 5 N–H and O–H groups in total. The molecule has 0 saturated carbocycles. The van der Waals surface area contributed by atoms with Gasteiger partial charge in [-0.1, -0.05) is 51.1 Å². The van der Waals surface area contributed by atoms with Gasteiger partial charge in [0.25, 0.3) is 0 Å². The molecule has 6 atom stereocenters. The summed E-state index contributed by atoms with van der Waals surface area (Å²) < 4.78 is 11.1. The highest BCUT2D eigenvalue weighted by Gasteiger charge is 2.36. The molecule has 0 spiro atoms. The summed E-state index contributed by atoms with van der Waals surface area (Å²) in [5.74, 6) is -2.20. The third-order valence-corrected chi connectivity index (χ3v) is 7.29. The van der Waals surface area contributed by atoms with E-state index in [0.29, 0.717) is 32.6 Å². The lowest BCUT2D eigenvalue weighted by molar-refractivity contribution is -0.136. The van der Waals surface area contributed by atoms with E-state index >= 15 is 0 Å². The van der Waals surface area contributed by atoms with Crippen LogP contribution in [0.3, 0.4) is 0 Å². The fraction of sp³-hybridized carbons (Fsp3) is 0.688. The number of nitrogens with one attached hydrogen (secondary N) is 4. The summed E-state index contributed by atoms with van der Waals surface area (Å²) >= 11 is 0. The van der Waals surface area contributed by atoms with Crippen LogP contribution in [0, 0.1) is 17.8 Å². The predicted molar refractivity (Wildman–Crippen MR) is 164 cm³/mol. The van der Waals surface area contributed by atoms with Gasteiger partial charge in [0.1, 0.15) is 18.7 Å². The Bertz CT molecular complexity index is 1040. The van der Waals surface area contributed by atoms with Crippen LogP contribution in [0.15, 0.2) is 30.3 Å². The monoisotopic (exact) mass is 604 g/mol. The van der Waals surface area contributed by atoms with E-state index in [1.807, 2.05) is 65.0 Å². The molecule has 0 bridgehead atoms. The predicted octanol–water partition coefficient (Wildman–Crippen LogP) is 2.06. The van der Waals surface area contributed by atoms with Crippen LogP contribution in [0.2, 0.25) is 0 Å². The van der Waals surface area contributed by atoms with Crippen molar-refractivity contribution in [1.82, 2.24) is 21.3 Å². The van der Waals surface area contributed by atoms with E-state index in [1.165, 1.54) is 0 Å². The van der Waals surface area contributed by atoms with Crippen molar-refractivity contribution in [2.24, 2.45) is 17.8 Å². The molecule has 1 aliphatic heterocycles. The number of carbonyl (C=O) groups excluding carboxylic acids is 4. The first-order valence-electron chi connectivity index (χ1n) is 15.3. The van der Waals surface area contributed by atoms with Crippen molar-refractivity contribution < 1.29 is 33.8 Å². The first kappa shape index (κ1) is 36.2. The summed E-state index contributed by atoms with van der Waals surface area (Å²) in [6.45, 7) is 13.8. The highest BCUT2D eigenvalue weighted by molar-refractivity contribution is 5.89. The van der Waals surface area contributed by atoms with Crippen LogP contribution in [0.4, 0.5) is 0 Å². The summed E-state index contributed by atoms with van der Waals surface area (Å²) in [6.07, 6.45) is 0.124. The van der Waals surface area contributed by atoms with Crippen molar-refractivity contribution in [1.29, 1.82) is 0 Å². The standard InChI is InChI=1S/C32H52N4O7/c1-20(2)15-25(35-31(41)28(24-13-14-42-18-24)36-27(38)19-43-32(5,6)7)26(37)16-21(3)29(39)34-22(4)30(40)33-17-23-11-9-8-10-12-23/h8-12,20-22,24-26,28,37H,13-19H2,1-7H3,(H,33,40)(H,34,39)(H,35,41)(H,36,38)/t21-,22+,24-,25+,26+,28+/m1/s1. The average molecular weight is 605 g/mol. The van der Waals surface area contributed by atoms with Crippen LogP contribution in [0.5, 0.6) is 0 Å². The van der Waals surface area contributed by atoms with Crippen molar-refractivity contribution in [3.8, 4) is 0 Å². The fourth-order valence-corrected chi connectivity index (χ4v) is 4.80. The number of benzene rings is 1. The summed E-state index contributed by atoms with van der Waals surface area (Å²) in [4.78, 5) is 51.6. The Morgan fingerprint density at radius 1 is 0.953 bits per heavy atom. The van der Waals surface area contributed by atoms with Gasteiger partial charge in [0.15, 0.2) is 0 Å². The molecule has 1 aliphatic rings. The highest BCUT2D eigenvalue weighted by atomic mass is 16.5. The van der Waals surface area contributed by atoms with Gasteiger partial charge >= 0.3 is 0 Å². The lowest BCUT2D eigenvalue weighted by atomic mass is 9.91. The molecule has 0 aliphatic carbocycles. The van der Waals surface area contributed by atoms with Gasteiger partial charge in [0, 0.05) is 25.0 Å². The molecule has 1 aromatic carbocycles. The largest absolute Gasteiger partial charge is 0.391 e. The maximum atomic E-state index is 13.5. The van der Waals surface area contributed by atoms with Gasteiger partial charge < -0.3 is 35.8 Å². The van der Waals surface area contributed by atoms with E-state index < -0.39 is 47.6 Å². The maximum absolute atomic E-state index is 13.5. The zero-order valence-corrected chi connectivity index (χ0v) is 26.8. The summed E-state index contributed by atoms with van der Waals surface area (Å²) in [5, 5.41) is 22.4. The fourth-order valence-electron chi connectivity index (χ4n) is 4.80. The second-order valence-electron chi connectivity index (χ2n) is 13.0. The lowest BCUT2D eigenvalue weighted by Crippen LogP contribution is -2.56. The molecular weight excluding hydrogens is 552 g/mol. The second kappa shape index (κ2) is 17.3. The Morgan fingerprint density at radius 3 is 2.21 bits per heavy atom. The Hall–Kier alpha value is -3.02. The Balaban J connectivity index is 1.98. The van der Waals surface area contributed by atoms with Gasteiger partial charge in [0.05, 0.1) is 24.4 Å². The molecule has 11 heteroatoms. The molecule has 43 heavy (non-hydrogen) atoms. The number of aliphatic hydroxyl groups excluding tert-OH is 1. The lowest BCUT2D eigenvalue weighted by Gasteiger charge is -2.31. The molecule has 2 rings (SSSR count). The van der Waals surface area contributed by atoms with Crippen LogP contribution in [-0.2, 0) is 35.2 Å². The van der Waals surface area contributed by atoms with Gasteiger partial charge in [-0.15, -0.1) is 0 Å². The number of amides is 4. The van der Waals surface area contributed by atoms with E-state index in [1.54, 1.807) is 13.8 Å². The minimum absolute atomic E-state index is 0.0742. The van der Waals surface area contributed by atoms with Crippen LogP contribution >= 0.6 is 0 Å². The minimum Gasteiger partial charge on any atom is -0.391 e. The topological polar surface area (TPSA) is 155 Å². The molecule has 1 aromatic rings. The molecule has 0 unspecified atom stereocenters. The van der Waals surface area contributed by atoms with Crippen LogP contribution < -0.4 is 21.3 Å². The van der Waals surface area contributed by atoms with E-state index in [-0.39, 0.29) is 36.7 Å². The zero-order chi connectivity index (χ0) is 32.2. The van der Waals surface area contributed by atoms with Crippen molar-refractivity contribution in [3.63, 3.8) is 0 Å². The number of carbonyl (C=O) groups is 4. The molecule has 0 radical (unpaired) electrons. The molecular formula is C32H52N4O7. The van der Waals surface area contributed by atoms with Gasteiger partial charge in [-0.2, -0.15) is 0 Å². The number of hydrogen-bond acceptors (Lipinski definition) is 7. The van der Waals surface area contributed by atoms with Crippen molar-refractivity contribution in [2.75, 3.05) is 19.8 Å². The van der Waals surface area contributed by atoms with E-state index in [0.717, 1.165) is 5.56 Å². The molecule has 11 nitrogen and oxygen atoms in total.